The van der Waals surface area contributed by atoms with Gasteiger partial charge in [0.2, 0.25) is 0 Å². The first kappa shape index (κ1) is 15.1. The van der Waals surface area contributed by atoms with Crippen molar-refractivity contribution in [3.8, 4) is 5.75 Å². The second-order valence-corrected chi connectivity index (χ2v) is 6.37. The van der Waals surface area contributed by atoms with Crippen molar-refractivity contribution < 1.29 is 9.53 Å². The molecule has 114 valence electrons. The van der Waals surface area contributed by atoms with Crippen molar-refractivity contribution in [3.63, 3.8) is 0 Å². The topological polar surface area (TPSA) is 38.3 Å². The molecule has 0 aliphatic heterocycles. The normalized spacial score (nSPS) is 16.7. The fourth-order valence-corrected chi connectivity index (χ4v) is 3.22. The largest absolute Gasteiger partial charge is 0.484 e. The number of nitrogens with one attached hydrogen (secondary N) is 1. The van der Waals surface area contributed by atoms with Gasteiger partial charge in [0.1, 0.15) is 5.75 Å². The zero-order chi connectivity index (χ0) is 15.4. The number of ether oxygens (including phenoxy) is 1. The van der Waals surface area contributed by atoms with Crippen LogP contribution in [-0.4, -0.2) is 12.5 Å². The third-order valence-electron chi connectivity index (χ3n) is 3.87. The summed E-state index contributed by atoms with van der Waals surface area (Å²) in [6.07, 6.45) is 3.19. The third kappa shape index (κ3) is 3.69. The molecular formula is C18H18BrNO2. The molecule has 2 aromatic carbocycles. The summed E-state index contributed by atoms with van der Waals surface area (Å²) in [7, 11) is 0. The molecule has 1 aliphatic carbocycles. The Bertz CT molecular complexity index is 672. The van der Waals surface area contributed by atoms with Crippen LogP contribution >= 0.6 is 15.9 Å². The lowest BCUT2D eigenvalue weighted by molar-refractivity contribution is -0.123. The van der Waals surface area contributed by atoms with Gasteiger partial charge < -0.3 is 10.1 Å². The van der Waals surface area contributed by atoms with Crippen LogP contribution in [0.3, 0.4) is 0 Å². The van der Waals surface area contributed by atoms with E-state index in [1.807, 2.05) is 30.3 Å². The molecule has 3 nitrogen and oxygen atoms in total. The molecule has 0 saturated heterocycles. The number of fused-ring (bicyclic) bond motifs is 1. The van der Waals surface area contributed by atoms with E-state index >= 15 is 0 Å². The average molecular weight is 360 g/mol. The minimum atomic E-state index is -0.0818. The minimum absolute atomic E-state index is 0.0368. The molecule has 22 heavy (non-hydrogen) atoms. The maximum Gasteiger partial charge on any atom is 0.258 e. The summed E-state index contributed by atoms with van der Waals surface area (Å²) in [5.41, 5.74) is 2.58. The molecule has 0 saturated carbocycles. The number of amides is 1. The lowest BCUT2D eigenvalue weighted by atomic mass is 9.88. The second-order valence-electron chi connectivity index (χ2n) is 5.46. The Morgan fingerprint density at radius 3 is 2.95 bits per heavy atom. The molecule has 0 aromatic heterocycles. The van der Waals surface area contributed by atoms with Gasteiger partial charge in [-0.3, -0.25) is 4.79 Å². The van der Waals surface area contributed by atoms with Crippen molar-refractivity contribution in [2.75, 3.05) is 6.61 Å². The van der Waals surface area contributed by atoms with E-state index in [4.69, 9.17) is 4.74 Å². The van der Waals surface area contributed by atoms with E-state index in [1.54, 1.807) is 0 Å². The van der Waals surface area contributed by atoms with Gasteiger partial charge >= 0.3 is 0 Å². The number of rotatable bonds is 4. The van der Waals surface area contributed by atoms with E-state index in [9.17, 15) is 4.79 Å². The van der Waals surface area contributed by atoms with Crippen LogP contribution in [0.25, 0.3) is 0 Å². The molecular weight excluding hydrogens is 342 g/mol. The Balaban J connectivity index is 1.59. The standard InChI is InChI=1S/C18H18BrNO2/c19-14-7-4-8-15(11-14)22-12-18(21)20-17-10-3-6-13-5-1-2-9-16(13)17/h1-2,4-5,7-9,11,17H,3,6,10,12H2,(H,20,21)/t17-/m0/s1. The fourth-order valence-electron chi connectivity index (χ4n) is 2.85. The summed E-state index contributed by atoms with van der Waals surface area (Å²) in [6, 6.07) is 15.9. The van der Waals surface area contributed by atoms with Crippen LogP contribution in [0.5, 0.6) is 5.75 Å². The molecule has 4 heteroatoms. The van der Waals surface area contributed by atoms with E-state index in [1.165, 1.54) is 11.1 Å². The van der Waals surface area contributed by atoms with Gasteiger partial charge in [-0.15, -0.1) is 0 Å². The maximum atomic E-state index is 12.1. The number of halogens is 1. The molecule has 1 N–H and O–H groups in total. The SMILES string of the molecule is O=C(COc1cccc(Br)c1)N[C@H]1CCCc2ccccc21. The summed E-state index contributed by atoms with van der Waals surface area (Å²) in [5.74, 6) is 0.607. The second kappa shape index (κ2) is 6.97. The number of hydrogen-bond donors (Lipinski definition) is 1. The summed E-state index contributed by atoms with van der Waals surface area (Å²) in [6.45, 7) is 0.0368. The van der Waals surface area contributed by atoms with E-state index < -0.39 is 0 Å². The van der Waals surface area contributed by atoms with Crippen LogP contribution in [-0.2, 0) is 11.2 Å². The van der Waals surface area contributed by atoms with Crippen molar-refractivity contribution in [3.05, 3.63) is 64.1 Å². The van der Waals surface area contributed by atoms with Gasteiger partial charge in [-0.05, 0) is 48.6 Å². The van der Waals surface area contributed by atoms with Gasteiger partial charge in [-0.25, -0.2) is 0 Å². The molecule has 1 amide bonds. The lowest BCUT2D eigenvalue weighted by Gasteiger charge is -2.26. The number of aryl methyl sites for hydroxylation is 1. The first-order valence-electron chi connectivity index (χ1n) is 7.48. The van der Waals surface area contributed by atoms with E-state index in [0.717, 1.165) is 23.7 Å². The number of carbonyl (C=O) groups excluding carboxylic acids is 1. The van der Waals surface area contributed by atoms with E-state index in [-0.39, 0.29) is 18.6 Å². The zero-order valence-electron chi connectivity index (χ0n) is 12.2. The van der Waals surface area contributed by atoms with Crippen molar-refractivity contribution in [1.29, 1.82) is 0 Å². The van der Waals surface area contributed by atoms with Crippen LogP contribution in [0.2, 0.25) is 0 Å². The summed E-state index contributed by atoms with van der Waals surface area (Å²) in [5, 5.41) is 3.08. The molecule has 0 radical (unpaired) electrons. The van der Waals surface area contributed by atoms with Gasteiger partial charge in [0.15, 0.2) is 6.61 Å². The summed E-state index contributed by atoms with van der Waals surface area (Å²) >= 11 is 3.39. The van der Waals surface area contributed by atoms with Crippen molar-refractivity contribution in [2.45, 2.75) is 25.3 Å². The van der Waals surface area contributed by atoms with Crippen LogP contribution in [0, 0.1) is 0 Å². The molecule has 3 rings (SSSR count). The molecule has 0 heterocycles. The highest BCUT2D eigenvalue weighted by Gasteiger charge is 2.21. The highest BCUT2D eigenvalue weighted by molar-refractivity contribution is 9.10. The van der Waals surface area contributed by atoms with E-state index in [0.29, 0.717) is 5.75 Å². The average Bonchev–Trinajstić information content (AvgIpc) is 2.53. The third-order valence-corrected chi connectivity index (χ3v) is 4.36. The maximum absolute atomic E-state index is 12.1. The van der Waals surface area contributed by atoms with Crippen molar-refractivity contribution >= 4 is 21.8 Å². The van der Waals surface area contributed by atoms with Gasteiger partial charge in [0.05, 0.1) is 6.04 Å². The monoisotopic (exact) mass is 359 g/mol. The van der Waals surface area contributed by atoms with Crippen LogP contribution in [0.1, 0.15) is 30.0 Å². The smallest absolute Gasteiger partial charge is 0.258 e. The van der Waals surface area contributed by atoms with Gasteiger partial charge in [-0.1, -0.05) is 46.3 Å². The first-order chi connectivity index (χ1) is 10.7. The van der Waals surface area contributed by atoms with Crippen LogP contribution in [0.15, 0.2) is 53.0 Å². The summed E-state index contributed by atoms with van der Waals surface area (Å²) < 4.78 is 6.47. The molecule has 0 spiro atoms. The highest BCUT2D eigenvalue weighted by atomic mass is 79.9. The molecule has 2 aromatic rings. The number of hydrogen-bond acceptors (Lipinski definition) is 2. The molecule has 0 bridgehead atoms. The zero-order valence-corrected chi connectivity index (χ0v) is 13.8. The van der Waals surface area contributed by atoms with Gasteiger partial charge in [-0.2, -0.15) is 0 Å². The highest BCUT2D eigenvalue weighted by Crippen LogP contribution is 2.29. The molecule has 1 atom stereocenters. The van der Waals surface area contributed by atoms with Crippen LogP contribution in [0.4, 0.5) is 0 Å². The van der Waals surface area contributed by atoms with Gasteiger partial charge in [0, 0.05) is 4.47 Å². The van der Waals surface area contributed by atoms with Crippen molar-refractivity contribution in [1.82, 2.24) is 5.32 Å². The Kier molecular flexibility index (Phi) is 4.78. The van der Waals surface area contributed by atoms with Gasteiger partial charge in [0.25, 0.3) is 5.91 Å². The number of carbonyl (C=O) groups is 1. The molecule has 0 unspecified atom stereocenters. The minimum Gasteiger partial charge on any atom is -0.484 e. The Morgan fingerprint density at radius 1 is 1.23 bits per heavy atom. The predicted octanol–water partition coefficient (Wildman–Crippen LogP) is 4.02. The van der Waals surface area contributed by atoms with Crippen molar-refractivity contribution in [2.24, 2.45) is 0 Å². The first-order valence-corrected chi connectivity index (χ1v) is 8.27. The Morgan fingerprint density at radius 2 is 2.09 bits per heavy atom. The lowest BCUT2D eigenvalue weighted by Crippen LogP contribution is -2.34. The predicted molar refractivity (Wildman–Crippen MR) is 89.9 cm³/mol. The number of benzene rings is 2. The molecule has 1 aliphatic rings. The quantitative estimate of drug-likeness (QED) is 0.894. The Labute approximate surface area is 138 Å². The fraction of sp³-hybridized carbons (Fsp3) is 0.278. The Hall–Kier alpha value is -1.81. The molecule has 0 fully saturated rings. The summed E-state index contributed by atoms with van der Waals surface area (Å²) in [4.78, 5) is 12.1. The van der Waals surface area contributed by atoms with E-state index in [2.05, 4.69) is 39.4 Å². The van der Waals surface area contributed by atoms with Crippen LogP contribution < -0.4 is 10.1 Å².